The third-order valence-corrected chi connectivity index (χ3v) is 6.26. The van der Waals surface area contributed by atoms with Crippen LogP contribution in [0.5, 0.6) is 5.75 Å². The smallest absolute Gasteiger partial charge is 0.360 e. The lowest BCUT2D eigenvalue weighted by molar-refractivity contribution is -0.395. The minimum Gasteiger partial charge on any atom is -0.497 e. The van der Waals surface area contributed by atoms with Gasteiger partial charge in [0.1, 0.15) is 5.56 Å². The quantitative estimate of drug-likeness (QED) is 0.0716. The molecular weight excluding hydrogens is 520 g/mol. The van der Waals surface area contributed by atoms with Gasteiger partial charge < -0.3 is 15.3 Å². The molecule has 37 heavy (non-hydrogen) atoms. The molecule has 0 aliphatic carbocycles. The number of rotatable bonds is 6. The zero-order valence-corrected chi connectivity index (χ0v) is 19.1. The molecule has 2 amide bonds. The number of carbonyl (C=O) groups is 2. The largest absolute Gasteiger partial charge is 0.497 e. The Labute approximate surface area is 204 Å². The van der Waals surface area contributed by atoms with Gasteiger partial charge in [0, 0.05) is 16.5 Å². The molecular formula is C19H14N6O11S. The van der Waals surface area contributed by atoms with E-state index in [1.165, 1.54) is 0 Å². The maximum absolute atomic E-state index is 12.6. The summed E-state index contributed by atoms with van der Waals surface area (Å²) in [6.45, 7) is 1.09. The number of sulfonamides is 1. The summed E-state index contributed by atoms with van der Waals surface area (Å²) in [5.41, 5.74) is -1.03. The predicted molar refractivity (Wildman–Crippen MR) is 123 cm³/mol. The highest BCUT2D eigenvalue weighted by Gasteiger charge is 2.35. The summed E-state index contributed by atoms with van der Waals surface area (Å²) in [6, 6.07) is 4.72. The van der Waals surface area contributed by atoms with Crippen LogP contribution in [0.3, 0.4) is 0 Å². The van der Waals surface area contributed by atoms with Crippen LogP contribution >= 0.6 is 0 Å². The molecule has 0 saturated heterocycles. The lowest BCUT2D eigenvalue weighted by Gasteiger charge is -2.09. The molecule has 2 aromatic carbocycles. The molecule has 0 spiro atoms. The molecule has 0 saturated carbocycles. The van der Waals surface area contributed by atoms with E-state index in [0.717, 1.165) is 37.3 Å². The minimum atomic E-state index is -4.19. The molecule has 0 bridgehead atoms. The van der Waals surface area contributed by atoms with E-state index in [9.17, 15) is 48.1 Å². The Morgan fingerprint density at radius 2 is 1.65 bits per heavy atom. The van der Waals surface area contributed by atoms with Crippen molar-refractivity contribution < 1.29 is 37.4 Å². The SMILES string of the molecule is Cc1c([N+](=O)[O-])c(O)c([N+](=O)[O-])c2oc(=O)c(C(=O)NC(=O)c3ccc(S(=O)(=O)NC(=N)N)cc3)cc12. The molecule has 0 aliphatic rings. The second kappa shape index (κ2) is 9.34. The topological polar surface area (TPSA) is 279 Å². The van der Waals surface area contributed by atoms with Crippen LogP contribution in [0.15, 0.2) is 44.4 Å². The van der Waals surface area contributed by atoms with Crippen molar-refractivity contribution in [2.24, 2.45) is 5.73 Å². The number of fused-ring (bicyclic) bond motifs is 1. The molecule has 6 N–H and O–H groups in total. The first-order valence-corrected chi connectivity index (χ1v) is 11.1. The van der Waals surface area contributed by atoms with Gasteiger partial charge in [-0.05, 0) is 37.3 Å². The van der Waals surface area contributed by atoms with Crippen molar-refractivity contribution in [1.29, 1.82) is 5.41 Å². The number of phenolic OH excluding ortho intramolecular Hbond substituents is 1. The number of aromatic hydroxyl groups is 1. The maximum Gasteiger partial charge on any atom is 0.360 e. The third kappa shape index (κ3) is 4.89. The third-order valence-electron chi connectivity index (χ3n) is 4.88. The summed E-state index contributed by atoms with van der Waals surface area (Å²) in [6.07, 6.45) is 0. The molecule has 0 aliphatic heterocycles. The van der Waals surface area contributed by atoms with Crippen molar-refractivity contribution in [3.63, 3.8) is 0 Å². The summed E-state index contributed by atoms with van der Waals surface area (Å²) >= 11 is 0. The average molecular weight is 534 g/mol. The number of nitrogens with one attached hydrogen (secondary N) is 3. The van der Waals surface area contributed by atoms with Gasteiger partial charge in [0.05, 0.1) is 14.7 Å². The molecule has 3 rings (SSSR count). The monoisotopic (exact) mass is 534 g/mol. The van der Waals surface area contributed by atoms with Crippen molar-refractivity contribution in [1.82, 2.24) is 10.0 Å². The summed E-state index contributed by atoms with van der Waals surface area (Å²) < 4.78 is 30.5. The van der Waals surface area contributed by atoms with Gasteiger partial charge in [-0.15, -0.1) is 0 Å². The Morgan fingerprint density at radius 3 is 2.16 bits per heavy atom. The normalized spacial score (nSPS) is 11.1. The second-order valence-corrected chi connectivity index (χ2v) is 8.88. The zero-order chi connectivity index (χ0) is 27.8. The number of phenols is 1. The first kappa shape index (κ1) is 26.2. The van der Waals surface area contributed by atoms with Gasteiger partial charge in [0.25, 0.3) is 27.6 Å². The molecule has 1 aromatic heterocycles. The van der Waals surface area contributed by atoms with E-state index < -0.39 is 76.9 Å². The van der Waals surface area contributed by atoms with Crippen LogP contribution in [0.25, 0.3) is 11.0 Å². The summed E-state index contributed by atoms with van der Waals surface area (Å²) in [5.74, 6) is -4.62. The number of nitrogens with two attached hydrogens (primary N) is 1. The van der Waals surface area contributed by atoms with E-state index in [4.69, 9.17) is 15.6 Å². The molecule has 17 nitrogen and oxygen atoms in total. The Bertz CT molecular complexity index is 1690. The van der Waals surface area contributed by atoms with E-state index in [-0.39, 0.29) is 16.0 Å². The van der Waals surface area contributed by atoms with Gasteiger partial charge in [0.2, 0.25) is 5.58 Å². The van der Waals surface area contributed by atoms with Gasteiger partial charge in [-0.25, -0.2) is 17.9 Å². The standard InChI is InChI=1S/C19H14N6O11S/c1-7-10-6-11(18(29)36-15(10)13(25(32)33)14(26)12(7)24(30)31)17(28)22-16(27)8-2-4-9(5-3-8)37(34,35)23-19(20)21/h2-6,26H,1H3,(H4,20,21,23)(H,22,27,28). The number of hydrogen-bond acceptors (Lipinski definition) is 12. The van der Waals surface area contributed by atoms with Crippen LogP contribution in [-0.4, -0.2) is 41.1 Å². The Balaban J connectivity index is 2.00. The molecule has 0 atom stereocenters. The number of nitro benzene ring substituents is 2. The van der Waals surface area contributed by atoms with Crippen LogP contribution in [0, 0.1) is 32.6 Å². The second-order valence-electron chi connectivity index (χ2n) is 7.20. The van der Waals surface area contributed by atoms with Gasteiger partial charge in [0.15, 0.2) is 5.96 Å². The van der Waals surface area contributed by atoms with Crippen molar-refractivity contribution in [2.75, 3.05) is 0 Å². The van der Waals surface area contributed by atoms with Crippen LogP contribution in [0.4, 0.5) is 11.4 Å². The number of imide groups is 1. The fourth-order valence-electron chi connectivity index (χ4n) is 3.23. The molecule has 1 heterocycles. The average Bonchev–Trinajstić information content (AvgIpc) is 2.77. The number of benzene rings is 2. The first-order valence-electron chi connectivity index (χ1n) is 9.60. The maximum atomic E-state index is 12.6. The summed E-state index contributed by atoms with van der Waals surface area (Å²) in [4.78, 5) is 57.5. The number of guanidine groups is 1. The highest BCUT2D eigenvalue weighted by atomic mass is 32.2. The van der Waals surface area contributed by atoms with Gasteiger partial charge in [-0.1, -0.05) is 0 Å². The number of carbonyl (C=O) groups excluding carboxylic acids is 2. The lowest BCUT2D eigenvalue weighted by Crippen LogP contribution is -2.35. The summed E-state index contributed by atoms with van der Waals surface area (Å²) in [7, 11) is -4.19. The van der Waals surface area contributed by atoms with Crippen molar-refractivity contribution in [3.8, 4) is 5.75 Å². The Hall–Kier alpha value is -5.39. The molecule has 0 radical (unpaired) electrons. The van der Waals surface area contributed by atoms with Crippen LogP contribution in [0.2, 0.25) is 0 Å². The molecule has 18 heteroatoms. The van der Waals surface area contributed by atoms with Crippen molar-refractivity contribution in [3.05, 3.63) is 77.7 Å². The fourth-order valence-corrected chi connectivity index (χ4v) is 4.14. The molecule has 192 valence electrons. The first-order chi connectivity index (χ1) is 17.2. The zero-order valence-electron chi connectivity index (χ0n) is 18.3. The van der Waals surface area contributed by atoms with Gasteiger partial charge >= 0.3 is 17.0 Å². The lowest BCUT2D eigenvalue weighted by atomic mass is 10.0. The summed E-state index contributed by atoms with van der Waals surface area (Å²) in [5, 5.41) is 41.1. The van der Waals surface area contributed by atoms with Crippen LogP contribution < -0.4 is 21.4 Å². The number of nitrogens with zero attached hydrogens (tertiary/aromatic N) is 2. The van der Waals surface area contributed by atoms with Crippen molar-refractivity contribution in [2.45, 2.75) is 11.8 Å². The van der Waals surface area contributed by atoms with E-state index in [0.29, 0.717) is 0 Å². The minimum absolute atomic E-state index is 0.229. The molecule has 0 unspecified atom stereocenters. The van der Waals surface area contributed by atoms with E-state index in [1.54, 1.807) is 4.72 Å². The number of amides is 2. The predicted octanol–water partition coefficient (Wildman–Crippen LogP) is 0.365. The fraction of sp³-hybridized carbons (Fsp3) is 0.0526. The van der Waals surface area contributed by atoms with Crippen LogP contribution in [0.1, 0.15) is 26.3 Å². The van der Waals surface area contributed by atoms with Crippen LogP contribution in [-0.2, 0) is 10.0 Å². The number of aryl methyl sites for hydroxylation is 1. The van der Waals surface area contributed by atoms with E-state index >= 15 is 0 Å². The van der Waals surface area contributed by atoms with Gasteiger partial charge in [-0.3, -0.25) is 40.5 Å². The van der Waals surface area contributed by atoms with E-state index in [2.05, 4.69) is 0 Å². The Morgan fingerprint density at radius 1 is 1.08 bits per heavy atom. The van der Waals surface area contributed by atoms with Crippen molar-refractivity contribution >= 4 is 50.1 Å². The highest BCUT2D eigenvalue weighted by Crippen LogP contribution is 2.44. The number of hydrogen-bond donors (Lipinski definition) is 5. The van der Waals surface area contributed by atoms with E-state index in [1.807, 2.05) is 5.32 Å². The molecule has 0 fully saturated rings. The van der Waals surface area contributed by atoms with Gasteiger partial charge in [-0.2, -0.15) is 0 Å². The number of nitro groups is 2. The Kier molecular flexibility index (Phi) is 6.62. The highest BCUT2D eigenvalue weighted by molar-refractivity contribution is 7.90. The molecule has 3 aromatic rings.